The molecule has 1 saturated carbocycles. The second-order valence-corrected chi connectivity index (χ2v) is 7.76. The highest BCUT2D eigenvalue weighted by molar-refractivity contribution is 7.89. The molecular formula is C14H21Cl2N3O4S. The fourth-order valence-corrected chi connectivity index (χ4v) is 5.06. The van der Waals surface area contributed by atoms with E-state index in [2.05, 4.69) is 4.72 Å². The molecule has 10 heteroatoms. The second kappa shape index (κ2) is 8.96. The van der Waals surface area contributed by atoms with E-state index in [1.54, 1.807) is 0 Å². The Hall–Kier alpha value is -0.930. The Morgan fingerprint density at radius 3 is 2.50 bits per heavy atom. The summed E-state index contributed by atoms with van der Waals surface area (Å²) in [5, 5.41) is 10.9. The van der Waals surface area contributed by atoms with Gasteiger partial charge in [-0.3, -0.25) is 10.1 Å². The molecule has 3 N–H and O–H groups in total. The van der Waals surface area contributed by atoms with Gasteiger partial charge in [0.25, 0.3) is 5.69 Å². The van der Waals surface area contributed by atoms with Gasteiger partial charge >= 0.3 is 0 Å². The molecular weight excluding hydrogens is 377 g/mol. The van der Waals surface area contributed by atoms with Gasteiger partial charge in [0.1, 0.15) is 0 Å². The zero-order chi connectivity index (χ0) is 17.0. The van der Waals surface area contributed by atoms with E-state index in [4.69, 9.17) is 17.3 Å². The van der Waals surface area contributed by atoms with E-state index < -0.39 is 31.6 Å². The molecule has 0 aliphatic heterocycles. The summed E-state index contributed by atoms with van der Waals surface area (Å²) in [5.74, 6) is 0.144. The second-order valence-electron chi connectivity index (χ2n) is 5.71. The lowest BCUT2D eigenvalue weighted by atomic mass is 9.84. The first-order valence-corrected chi connectivity index (χ1v) is 9.38. The Labute approximate surface area is 152 Å². The molecule has 0 amide bonds. The van der Waals surface area contributed by atoms with E-state index >= 15 is 0 Å². The van der Waals surface area contributed by atoms with Gasteiger partial charge in [-0.25, -0.2) is 13.1 Å². The Kier molecular flexibility index (Phi) is 7.88. The van der Waals surface area contributed by atoms with Crippen LogP contribution in [0.4, 0.5) is 5.69 Å². The van der Waals surface area contributed by atoms with Crippen molar-refractivity contribution in [3.8, 4) is 0 Å². The van der Waals surface area contributed by atoms with Crippen LogP contribution in [0.3, 0.4) is 0 Å². The van der Waals surface area contributed by atoms with E-state index in [0.717, 1.165) is 38.2 Å². The van der Waals surface area contributed by atoms with Crippen LogP contribution in [-0.2, 0) is 10.0 Å². The predicted octanol–water partition coefficient (Wildman–Crippen LogP) is 2.86. The van der Waals surface area contributed by atoms with Crippen molar-refractivity contribution >= 4 is 39.7 Å². The zero-order valence-corrected chi connectivity index (χ0v) is 15.4. The molecule has 1 aliphatic rings. The van der Waals surface area contributed by atoms with Crippen LogP contribution < -0.4 is 10.5 Å². The van der Waals surface area contributed by atoms with Crippen molar-refractivity contribution in [1.82, 2.24) is 4.72 Å². The fraction of sp³-hybridized carbons (Fsp3) is 0.571. The van der Waals surface area contributed by atoms with E-state index in [9.17, 15) is 18.5 Å². The zero-order valence-electron chi connectivity index (χ0n) is 13.0. The number of nitro groups is 1. The van der Waals surface area contributed by atoms with Gasteiger partial charge in [-0.2, -0.15) is 0 Å². The van der Waals surface area contributed by atoms with Crippen molar-refractivity contribution in [3.63, 3.8) is 0 Å². The summed E-state index contributed by atoms with van der Waals surface area (Å²) in [7, 11) is -4.13. The predicted molar refractivity (Wildman–Crippen MR) is 95.1 cm³/mol. The molecule has 0 spiro atoms. The maximum Gasteiger partial charge on any atom is 0.290 e. The lowest BCUT2D eigenvalue weighted by molar-refractivity contribution is -0.387. The number of hydrogen-bond donors (Lipinski definition) is 2. The largest absolute Gasteiger partial charge is 0.329 e. The van der Waals surface area contributed by atoms with Gasteiger partial charge in [0.2, 0.25) is 10.0 Å². The minimum atomic E-state index is -4.13. The molecule has 1 aromatic rings. The number of sulfonamides is 1. The minimum absolute atomic E-state index is 0. The summed E-state index contributed by atoms with van der Waals surface area (Å²) in [6.07, 6.45) is 5.00. The van der Waals surface area contributed by atoms with Crippen LogP contribution in [0, 0.1) is 16.0 Å². The molecule has 0 heterocycles. The van der Waals surface area contributed by atoms with Crippen LogP contribution in [0.25, 0.3) is 0 Å². The highest BCUT2D eigenvalue weighted by atomic mass is 35.5. The highest BCUT2D eigenvalue weighted by Crippen LogP contribution is 2.32. The van der Waals surface area contributed by atoms with Crippen LogP contribution in [0.15, 0.2) is 23.1 Å². The average Bonchev–Trinajstić information content (AvgIpc) is 2.53. The van der Waals surface area contributed by atoms with Crippen LogP contribution in [0.2, 0.25) is 5.02 Å². The Balaban J connectivity index is 0.00000288. The molecule has 7 nitrogen and oxygen atoms in total. The number of halogens is 2. The monoisotopic (exact) mass is 397 g/mol. The van der Waals surface area contributed by atoms with Gasteiger partial charge in [0.15, 0.2) is 4.90 Å². The van der Waals surface area contributed by atoms with Crippen LogP contribution in [-0.4, -0.2) is 25.9 Å². The number of nitrogens with two attached hydrogens (primary N) is 1. The highest BCUT2D eigenvalue weighted by Gasteiger charge is 2.33. The third kappa shape index (κ3) is 4.80. The van der Waals surface area contributed by atoms with E-state index in [-0.39, 0.29) is 29.9 Å². The number of rotatable bonds is 6. The molecule has 0 saturated heterocycles. The standard InChI is InChI=1S/C14H20ClN3O4S.ClH/c15-11-7-4-8-13(18(19)20)14(11)23(21,22)17-12(9-16)10-5-2-1-3-6-10;/h4,7-8,10,12,17H,1-3,5-6,9,16H2;1H. The first-order valence-electron chi connectivity index (χ1n) is 7.52. The van der Waals surface area contributed by atoms with Crippen molar-refractivity contribution in [3.05, 3.63) is 33.3 Å². The first-order chi connectivity index (χ1) is 10.9. The number of hydrogen-bond acceptors (Lipinski definition) is 5. The third-order valence-corrected chi connectivity index (χ3v) is 6.20. The maximum absolute atomic E-state index is 12.6. The summed E-state index contributed by atoms with van der Waals surface area (Å²) in [5.41, 5.74) is 5.19. The lowest BCUT2D eigenvalue weighted by Gasteiger charge is -2.29. The van der Waals surface area contributed by atoms with Gasteiger partial charge in [0.05, 0.1) is 9.95 Å². The van der Waals surface area contributed by atoms with Gasteiger partial charge in [0, 0.05) is 18.7 Å². The van der Waals surface area contributed by atoms with Gasteiger partial charge in [-0.1, -0.05) is 36.9 Å². The maximum atomic E-state index is 12.6. The Bertz CT molecular complexity index is 679. The normalized spacial score (nSPS) is 17.1. The van der Waals surface area contributed by atoms with Crippen molar-refractivity contribution in [2.24, 2.45) is 11.7 Å². The number of nitrogens with zero attached hydrogens (tertiary/aromatic N) is 1. The molecule has 136 valence electrons. The lowest BCUT2D eigenvalue weighted by Crippen LogP contribution is -2.46. The quantitative estimate of drug-likeness (QED) is 0.565. The molecule has 24 heavy (non-hydrogen) atoms. The molecule has 1 atom stereocenters. The summed E-state index contributed by atoms with van der Waals surface area (Å²) < 4.78 is 27.8. The molecule has 1 aliphatic carbocycles. The van der Waals surface area contributed by atoms with Crippen LogP contribution >= 0.6 is 24.0 Å². The van der Waals surface area contributed by atoms with E-state index in [1.807, 2.05) is 0 Å². The van der Waals surface area contributed by atoms with E-state index in [1.165, 1.54) is 12.1 Å². The molecule has 2 rings (SSSR count). The van der Waals surface area contributed by atoms with Crippen molar-refractivity contribution < 1.29 is 13.3 Å². The molecule has 0 bridgehead atoms. The summed E-state index contributed by atoms with van der Waals surface area (Å²) in [4.78, 5) is 9.86. The fourth-order valence-electron chi connectivity index (χ4n) is 3.04. The van der Waals surface area contributed by atoms with Gasteiger partial charge in [-0.15, -0.1) is 12.4 Å². The van der Waals surface area contributed by atoms with Crippen LogP contribution in [0.5, 0.6) is 0 Å². The smallest absolute Gasteiger partial charge is 0.290 e. The Morgan fingerprint density at radius 2 is 1.96 bits per heavy atom. The third-order valence-electron chi connectivity index (χ3n) is 4.19. The molecule has 0 radical (unpaired) electrons. The van der Waals surface area contributed by atoms with Crippen LogP contribution in [0.1, 0.15) is 32.1 Å². The molecule has 1 unspecified atom stereocenters. The number of benzene rings is 1. The topological polar surface area (TPSA) is 115 Å². The molecule has 0 aromatic heterocycles. The minimum Gasteiger partial charge on any atom is -0.329 e. The number of nitro benzene ring substituents is 1. The van der Waals surface area contributed by atoms with Gasteiger partial charge < -0.3 is 5.73 Å². The van der Waals surface area contributed by atoms with E-state index in [0.29, 0.717) is 0 Å². The van der Waals surface area contributed by atoms with Crippen molar-refractivity contribution in [2.45, 2.75) is 43.0 Å². The SMILES string of the molecule is Cl.NCC(NS(=O)(=O)c1c(Cl)cccc1[N+](=O)[O-])C1CCCCC1. The first kappa shape index (κ1) is 21.1. The van der Waals surface area contributed by atoms with Gasteiger partial charge in [-0.05, 0) is 24.8 Å². The summed E-state index contributed by atoms with van der Waals surface area (Å²) >= 11 is 5.92. The number of nitrogens with one attached hydrogen (secondary N) is 1. The summed E-state index contributed by atoms with van der Waals surface area (Å²) in [6.45, 7) is 0.141. The molecule has 1 aromatic carbocycles. The average molecular weight is 398 g/mol. The Morgan fingerprint density at radius 1 is 1.33 bits per heavy atom. The van der Waals surface area contributed by atoms with Crippen molar-refractivity contribution in [2.75, 3.05) is 6.54 Å². The molecule has 1 fully saturated rings. The summed E-state index contributed by atoms with van der Waals surface area (Å²) in [6, 6.07) is 3.34. The van der Waals surface area contributed by atoms with Crippen molar-refractivity contribution in [1.29, 1.82) is 0 Å².